The minimum Gasteiger partial charge on any atom is -0.322 e. The monoisotopic (exact) mass is 405 g/mol. The fraction of sp³-hybridized carbons (Fsp3) is 0.136. The molecule has 140 valence electrons. The number of fused-ring (bicyclic) bond motifs is 1. The van der Waals surface area contributed by atoms with Crippen LogP contribution in [0.2, 0.25) is 0 Å². The van der Waals surface area contributed by atoms with Crippen LogP contribution in [0.25, 0.3) is 20.9 Å². The first-order valence-corrected chi connectivity index (χ1v) is 10.8. The van der Waals surface area contributed by atoms with E-state index in [0.29, 0.717) is 5.56 Å². The molecule has 0 aliphatic heterocycles. The first-order valence-electron chi connectivity index (χ1n) is 9.01. The van der Waals surface area contributed by atoms with E-state index in [1.54, 1.807) is 29.3 Å². The molecule has 28 heavy (non-hydrogen) atoms. The van der Waals surface area contributed by atoms with Crippen molar-refractivity contribution in [3.8, 4) is 10.6 Å². The summed E-state index contributed by atoms with van der Waals surface area (Å²) >= 11 is 3.24. The predicted octanol–water partition coefficient (Wildman–Crippen LogP) is 6.03. The summed E-state index contributed by atoms with van der Waals surface area (Å²) in [5, 5.41) is 3.98. The fourth-order valence-corrected chi connectivity index (χ4v) is 4.66. The minimum atomic E-state index is -0.0865. The Labute approximate surface area is 172 Å². The highest BCUT2D eigenvalue weighted by atomic mass is 32.2. The lowest BCUT2D eigenvalue weighted by atomic mass is 10.1. The van der Waals surface area contributed by atoms with Crippen molar-refractivity contribution in [1.82, 2.24) is 9.97 Å². The molecule has 0 aliphatic rings. The molecule has 2 aromatic heterocycles. The number of pyridine rings is 1. The molecule has 0 aliphatic carbocycles. The van der Waals surface area contributed by atoms with Gasteiger partial charge in [-0.1, -0.05) is 30.4 Å². The molecule has 1 amide bonds. The molecule has 0 spiro atoms. The number of thioether (sulfide) groups is 1. The summed E-state index contributed by atoms with van der Waals surface area (Å²) < 4.78 is 0. The molecule has 2 aromatic carbocycles. The summed E-state index contributed by atoms with van der Waals surface area (Å²) in [5.41, 5.74) is 4.45. The maximum Gasteiger partial charge on any atom is 0.256 e. The van der Waals surface area contributed by atoms with Gasteiger partial charge in [0.15, 0.2) is 0 Å². The number of nitrogens with zero attached hydrogens (tertiary/aromatic N) is 2. The third-order valence-electron chi connectivity index (χ3n) is 4.32. The van der Waals surface area contributed by atoms with Crippen LogP contribution in [0.3, 0.4) is 0 Å². The maximum absolute atomic E-state index is 12.8. The molecule has 1 N–H and O–H groups in total. The molecule has 0 atom stereocenters. The van der Waals surface area contributed by atoms with Crippen LogP contribution < -0.4 is 5.32 Å². The number of aryl methyl sites for hydroxylation is 1. The number of amides is 1. The van der Waals surface area contributed by atoms with Gasteiger partial charge in [-0.2, -0.15) is 0 Å². The second kappa shape index (κ2) is 8.12. The minimum absolute atomic E-state index is 0.0865. The van der Waals surface area contributed by atoms with Crippen LogP contribution in [-0.2, 0) is 0 Å². The van der Waals surface area contributed by atoms with Crippen LogP contribution in [0.4, 0.5) is 5.69 Å². The largest absolute Gasteiger partial charge is 0.322 e. The second-order valence-electron chi connectivity index (χ2n) is 6.26. The number of nitrogens with one attached hydrogen (secondary N) is 1. The number of hydrogen-bond acceptors (Lipinski definition) is 5. The average molecular weight is 406 g/mol. The van der Waals surface area contributed by atoms with Crippen molar-refractivity contribution in [2.45, 2.75) is 18.7 Å². The molecular formula is C22H19N3OS2. The van der Waals surface area contributed by atoms with Crippen molar-refractivity contribution in [3.05, 3.63) is 71.9 Å². The molecule has 4 rings (SSSR count). The molecule has 4 aromatic rings. The smallest absolute Gasteiger partial charge is 0.256 e. The van der Waals surface area contributed by atoms with E-state index in [-0.39, 0.29) is 5.91 Å². The summed E-state index contributed by atoms with van der Waals surface area (Å²) in [6, 6.07) is 17.6. The Morgan fingerprint density at radius 3 is 2.79 bits per heavy atom. The lowest BCUT2D eigenvalue weighted by Crippen LogP contribution is -2.13. The molecule has 4 nitrogen and oxygen atoms in total. The number of carbonyl (C=O) groups is 1. The highest BCUT2D eigenvalue weighted by Crippen LogP contribution is 2.31. The predicted molar refractivity (Wildman–Crippen MR) is 118 cm³/mol. The molecule has 0 saturated heterocycles. The van der Waals surface area contributed by atoms with Gasteiger partial charge in [-0.15, -0.1) is 11.8 Å². The van der Waals surface area contributed by atoms with E-state index < -0.39 is 0 Å². The summed E-state index contributed by atoms with van der Waals surface area (Å²) in [4.78, 5) is 23.7. The molecule has 6 heteroatoms. The van der Waals surface area contributed by atoms with Gasteiger partial charge in [0.1, 0.15) is 15.4 Å². The van der Waals surface area contributed by atoms with Crippen molar-refractivity contribution >= 4 is 45.0 Å². The van der Waals surface area contributed by atoms with Crippen LogP contribution in [0, 0.1) is 6.92 Å². The van der Waals surface area contributed by atoms with E-state index in [0.717, 1.165) is 42.8 Å². The van der Waals surface area contributed by atoms with Gasteiger partial charge in [-0.3, -0.25) is 4.79 Å². The normalized spacial score (nSPS) is 10.9. The summed E-state index contributed by atoms with van der Waals surface area (Å²) in [6.45, 7) is 4.08. The van der Waals surface area contributed by atoms with Gasteiger partial charge in [0.25, 0.3) is 5.91 Å². The average Bonchev–Trinajstić information content (AvgIpc) is 3.14. The van der Waals surface area contributed by atoms with Crippen molar-refractivity contribution in [3.63, 3.8) is 0 Å². The zero-order valence-electron chi connectivity index (χ0n) is 15.6. The third kappa shape index (κ3) is 3.79. The van der Waals surface area contributed by atoms with E-state index in [4.69, 9.17) is 0 Å². The summed E-state index contributed by atoms with van der Waals surface area (Å²) in [6.07, 6.45) is 1.78. The molecule has 2 heterocycles. The van der Waals surface area contributed by atoms with Crippen LogP contribution in [0.15, 0.2) is 65.7 Å². The van der Waals surface area contributed by atoms with Gasteiger partial charge in [-0.05, 0) is 60.7 Å². The number of hydrogen-bond donors (Lipinski definition) is 1. The third-order valence-corrected chi connectivity index (χ3v) is 6.30. The standard InChI is InChI=1S/C22H19N3OS2/c1-3-27-19-9-5-4-7-16(19)20(26)24-17-11-10-15(13-14(17)2)21-25-18-8-6-12-23-22(18)28-21/h4-13H,3H2,1-2H3,(H,24,26). The van der Waals surface area contributed by atoms with Gasteiger partial charge < -0.3 is 5.32 Å². The van der Waals surface area contributed by atoms with Gasteiger partial charge in [-0.25, -0.2) is 9.97 Å². The Hall–Kier alpha value is -2.70. The quantitative estimate of drug-likeness (QED) is 0.412. The highest BCUT2D eigenvalue weighted by molar-refractivity contribution is 7.99. The molecule has 0 saturated carbocycles. The van der Waals surface area contributed by atoms with Crippen LogP contribution in [0.5, 0.6) is 0 Å². The van der Waals surface area contributed by atoms with Crippen LogP contribution in [0.1, 0.15) is 22.8 Å². The van der Waals surface area contributed by atoms with Gasteiger partial charge in [0, 0.05) is 22.3 Å². The van der Waals surface area contributed by atoms with Crippen LogP contribution >= 0.6 is 23.1 Å². The van der Waals surface area contributed by atoms with E-state index in [9.17, 15) is 4.79 Å². The number of aromatic nitrogens is 2. The van der Waals surface area contributed by atoms with Gasteiger partial charge in [0.05, 0.1) is 5.56 Å². The number of rotatable bonds is 5. The van der Waals surface area contributed by atoms with Crippen molar-refractivity contribution in [1.29, 1.82) is 0 Å². The Bertz CT molecular complexity index is 1120. The number of thiazole rings is 1. The highest BCUT2D eigenvalue weighted by Gasteiger charge is 2.13. The van der Waals surface area contributed by atoms with E-state index in [1.165, 1.54) is 0 Å². The molecule has 0 unspecified atom stereocenters. The number of carbonyl (C=O) groups excluding carboxylic acids is 1. The fourth-order valence-electron chi connectivity index (χ4n) is 2.96. The van der Waals surface area contributed by atoms with E-state index in [1.807, 2.05) is 55.5 Å². The maximum atomic E-state index is 12.8. The summed E-state index contributed by atoms with van der Waals surface area (Å²) in [5.74, 6) is 0.839. The number of anilines is 1. The molecule has 0 fully saturated rings. The SMILES string of the molecule is CCSc1ccccc1C(=O)Nc1ccc(-c2nc3cccnc3s2)cc1C. The zero-order valence-corrected chi connectivity index (χ0v) is 17.2. The molecular weight excluding hydrogens is 386 g/mol. The lowest BCUT2D eigenvalue weighted by Gasteiger charge is -2.12. The topological polar surface area (TPSA) is 54.9 Å². The van der Waals surface area contributed by atoms with Gasteiger partial charge >= 0.3 is 0 Å². The first-order chi connectivity index (χ1) is 13.7. The lowest BCUT2D eigenvalue weighted by molar-refractivity contribution is 0.102. The van der Waals surface area contributed by atoms with E-state index >= 15 is 0 Å². The number of benzene rings is 2. The Balaban J connectivity index is 1.59. The first kappa shape index (κ1) is 18.7. The van der Waals surface area contributed by atoms with Crippen molar-refractivity contribution < 1.29 is 4.79 Å². The van der Waals surface area contributed by atoms with E-state index in [2.05, 4.69) is 28.3 Å². The second-order valence-corrected chi connectivity index (χ2v) is 8.54. The zero-order chi connectivity index (χ0) is 19.5. The Morgan fingerprint density at radius 1 is 1.14 bits per heavy atom. The van der Waals surface area contributed by atoms with Crippen LogP contribution in [-0.4, -0.2) is 21.6 Å². The van der Waals surface area contributed by atoms with Gasteiger partial charge in [0.2, 0.25) is 0 Å². The van der Waals surface area contributed by atoms with Crippen molar-refractivity contribution in [2.24, 2.45) is 0 Å². The molecule has 0 bridgehead atoms. The summed E-state index contributed by atoms with van der Waals surface area (Å²) in [7, 11) is 0. The molecule has 0 radical (unpaired) electrons. The van der Waals surface area contributed by atoms with Crippen molar-refractivity contribution in [2.75, 3.05) is 11.1 Å². The Morgan fingerprint density at radius 2 is 2.00 bits per heavy atom. The Kier molecular flexibility index (Phi) is 5.41.